The Bertz CT molecular complexity index is 1040. The Kier molecular flexibility index (Phi) is 5.39. The van der Waals surface area contributed by atoms with Gasteiger partial charge in [-0.3, -0.25) is 4.79 Å². The van der Waals surface area contributed by atoms with Gasteiger partial charge in [0.1, 0.15) is 10.9 Å². The summed E-state index contributed by atoms with van der Waals surface area (Å²) in [6.07, 6.45) is 1.50. The van der Waals surface area contributed by atoms with Crippen LogP contribution in [-0.2, 0) is 12.2 Å². The van der Waals surface area contributed by atoms with Crippen molar-refractivity contribution in [3.8, 4) is 6.07 Å². The van der Waals surface area contributed by atoms with Crippen molar-refractivity contribution in [3.63, 3.8) is 0 Å². The van der Waals surface area contributed by atoms with Crippen molar-refractivity contribution in [2.45, 2.75) is 12.2 Å². The Labute approximate surface area is 156 Å². The summed E-state index contributed by atoms with van der Waals surface area (Å²) in [6.45, 7) is 0.127. The lowest BCUT2D eigenvalue weighted by molar-refractivity contribution is 0.0770. The predicted octanol–water partition coefficient (Wildman–Crippen LogP) is 2.84. The highest BCUT2D eigenvalue weighted by atomic mass is 32.1. The highest BCUT2D eigenvalue weighted by molar-refractivity contribution is 7.46. The number of rotatable bonds is 5. The standard InChI is InChI=1S/C16H11F2N4O3PS/c17-16(18,26(24)25)14-12(7-19)11-6-9(3-4-13(11)27-14)15(23)20-8-10-2-1-5-21-22-10/h1-6,24-25H,8H2,(H,20,23). The van der Waals surface area contributed by atoms with Gasteiger partial charge < -0.3 is 15.1 Å². The van der Waals surface area contributed by atoms with Crippen LogP contribution in [0.15, 0.2) is 36.5 Å². The molecule has 0 bridgehead atoms. The molecule has 27 heavy (non-hydrogen) atoms. The van der Waals surface area contributed by atoms with Crippen molar-refractivity contribution in [3.05, 3.63) is 58.2 Å². The molecule has 2 heterocycles. The topological polar surface area (TPSA) is 119 Å². The van der Waals surface area contributed by atoms with Gasteiger partial charge in [-0.15, -0.1) is 11.3 Å². The summed E-state index contributed by atoms with van der Waals surface area (Å²) >= 11 is 0.588. The number of alkyl halides is 2. The second-order valence-corrected chi connectivity index (χ2v) is 7.55. The van der Waals surface area contributed by atoms with Crippen LogP contribution in [0.2, 0.25) is 0 Å². The molecule has 0 radical (unpaired) electrons. The van der Waals surface area contributed by atoms with Crippen molar-refractivity contribution in [2.75, 3.05) is 0 Å². The number of fused-ring (bicyclic) bond motifs is 1. The molecule has 0 aliphatic heterocycles. The fourth-order valence-corrected chi connectivity index (χ4v) is 4.04. The summed E-state index contributed by atoms with van der Waals surface area (Å²) < 4.78 is 28.4. The van der Waals surface area contributed by atoms with E-state index in [4.69, 9.17) is 9.79 Å². The second kappa shape index (κ2) is 7.58. The Morgan fingerprint density at radius 3 is 2.78 bits per heavy atom. The van der Waals surface area contributed by atoms with E-state index in [0.717, 1.165) is 0 Å². The molecule has 11 heteroatoms. The molecule has 0 spiro atoms. The normalized spacial score (nSPS) is 11.6. The van der Waals surface area contributed by atoms with Gasteiger partial charge >= 0.3 is 5.66 Å². The molecule has 3 N–H and O–H groups in total. The third kappa shape index (κ3) is 3.77. The number of hydrogen-bond acceptors (Lipinski definition) is 7. The Morgan fingerprint density at radius 2 is 2.15 bits per heavy atom. The number of nitriles is 1. The summed E-state index contributed by atoms with van der Waals surface area (Å²) in [5.41, 5.74) is -3.59. The molecular weight excluding hydrogens is 397 g/mol. The monoisotopic (exact) mass is 408 g/mol. The number of carbonyl (C=O) groups is 1. The number of hydrogen-bond donors (Lipinski definition) is 3. The molecule has 1 amide bonds. The van der Waals surface area contributed by atoms with E-state index in [1.807, 2.05) is 0 Å². The third-order valence-electron chi connectivity index (χ3n) is 3.64. The molecule has 3 aromatic rings. The number of amides is 1. The number of nitrogens with zero attached hydrogens (tertiary/aromatic N) is 3. The average Bonchev–Trinajstić information content (AvgIpc) is 3.05. The van der Waals surface area contributed by atoms with Crippen molar-refractivity contribution in [1.82, 2.24) is 15.5 Å². The summed E-state index contributed by atoms with van der Waals surface area (Å²) in [7, 11) is -3.60. The van der Waals surface area contributed by atoms with E-state index < -0.39 is 24.8 Å². The lowest BCUT2D eigenvalue weighted by Gasteiger charge is -2.15. The number of aromatic nitrogens is 2. The maximum absolute atomic E-state index is 14.0. The van der Waals surface area contributed by atoms with Crippen LogP contribution >= 0.6 is 19.7 Å². The number of thiophene rings is 1. The smallest absolute Gasteiger partial charge is 0.346 e. The second-order valence-electron chi connectivity index (χ2n) is 5.36. The lowest BCUT2D eigenvalue weighted by Crippen LogP contribution is -2.23. The molecular formula is C16H11F2N4O3PS. The molecule has 3 rings (SSSR count). The zero-order valence-corrected chi connectivity index (χ0v) is 15.1. The van der Waals surface area contributed by atoms with Gasteiger partial charge in [-0.25, -0.2) is 0 Å². The van der Waals surface area contributed by atoms with E-state index >= 15 is 0 Å². The minimum absolute atomic E-state index is 0.127. The molecule has 0 saturated carbocycles. The van der Waals surface area contributed by atoms with Crippen LogP contribution in [0.3, 0.4) is 0 Å². The first-order valence-corrected chi connectivity index (χ1v) is 9.48. The molecule has 7 nitrogen and oxygen atoms in total. The molecule has 0 unspecified atom stereocenters. The van der Waals surface area contributed by atoms with Crippen molar-refractivity contribution < 1.29 is 23.4 Å². The number of benzene rings is 1. The van der Waals surface area contributed by atoms with E-state index in [1.165, 1.54) is 24.4 Å². The molecule has 0 atom stereocenters. The van der Waals surface area contributed by atoms with Crippen LogP contribution in [0, 0.1) is 11.3 Å². The third-order valence-corrected chi connectivity index (χ3v) is 5.76. The minimum atomic E-state index is -3.93. The highest BCUT2D eigenvalue weighted by Gasteiger charge is 2.45. The first-order valence-electron chi connectivity index (χ1n) is 7.42. The maximum atomic E-state index is 14.0. The van der Waals surface area contributed by atoms with Crippen LogP contribution in [-0.4, -0.2) is 25.9 Å². The Hall–Kier alpha value is -2.57. The van der Waals surface area contributed by atoms with Crippen LogP contribution < -0.4 is 5.32 Å². The van der Waals surface area contributed by atoms with Gasteiger partial charge in [-0.2, -0.15) is 24.2 Å². The fourth-order valence-electron chi connectivity index (χ4n) is 2.35. The fraction of sp³-hybridized carbons (Fsp3) is 0.125. The molecule has 138 valence electrons. The van der Waals surface area contributed by atoms with Crippen LogP contribution in [0.5, 0.6) is 0 Å². The van der Waals surface area contributed by atoms with Gasteiger partial charge in [-0.1, -0.05) is 0 Å². The minimum Gasteiger partial charge on any atom is -0.346 e. The van der Waals surface area contributed by atoms with Gasteiger partial charge in [0.15, 0.2) is 0 Å². The van der Waals surface area contributed by atoms with E-state index in [1.54, 1.807) is 18.2 Å². The van der Waals surface area contributed by atoms with Gasteiger partial charge in [-0.05, 0) is 30.3 Å². The van der Waals surface area contributed by atoms with Gasteiger partial charge in [0.2, 0.25) is 8.38 Å². The van der Waals surface area contributed by atoms with Crippen molar-refractivity contribution in [1.29, 1.82) is 5.26 Å². The molecule has 2 aromatic heterocycles. The molecule has 0 aliphatic rings. The van der Waals surface area contributed by atoms with Gasteiger partial charge in [0.25, 0.3) is 5.91 Å². The van der Waals surface area contributed by atoms with Crippen molar-refractivity contribution >= 4 is 35.7 Å². The van der Waals surface area contributed by atoms with E-state index in [0.29, 0.717) is 21.7 Å². The summed E-state index contributed by atoms with van der Waals surface area (Å²) in [6, 6.07) is 9.23. The SMILES string of the molecule is N#Cc1c(C(F)(F)P(O)O)sc2ccc(C(=O)NCc3cccnn3)cc12. The summed E-state index contributed by atoms with van der Waals surface area (Å²) in [4.78, 5) is 29.6. The summed E-state index contributed by atoms with van der Waals surface area (Å²) in [5.74, 6) is -0.475. The first-order chi connectivity index (χ1) is 12.8. The zero-order chi connectivity index (χ0) is 19.6. The molecule has 0 aliphatic carbocycles. The Morgan fingerprint density at radius 1 is 1.37 bits per heavy atom. The van der Waals surface area contributed by atoms with Gasteiger partial charge in [0, 0.05) is 21.8 Å². The highest BCUT2D eigenvalue weighted by Crippen LogP contribution is 2.56. The van der Waals surface area contributed by atoms with Gasteiger partial charge in [0.05, 0.1) is 17.8 Å². The zero-order valence-electron chi connectivity index (χ0n) is 13.4. The number of halogens is 2. The first kappa shape index (κ1) is 19.2. The quantitative estimate of drug-likeness (QED) is 0.559. The number of nitrogens with one attached hydrogen (secondary N) is 1. The number of carbonyl (C=O) groups excluding carboxylic acids is 1. The molecule has 1 aromatic carbocycles. The Balaban J connectivity index is 1.93. The summed E-state index contributed by atoms with van der Waals surface area (Å²) in [5, 5.41) is 19.6. The van der Waals surface area contributed by atoms with Crippen LogP contribution in [0.25, 0.3) is 10.1 Å². The van der Waals surface area contributed by atoms with E-state index in [9.17, 15) is 18.8 Å². The van der Waals surface area contributed by atoms with E-state index in [-0.39, 0.29) is 23.1 Å². The van der Waals surface area contributed by atoms with Crippen LogP contribution in [0.1, 0.15) is 26.5 Å². The lowest BCUT2D eigenvalue weighted by atomic mass is 10.1. The largest absolute Gasteiger partial charge is 0.349 e. The molecule has 0 saturated heterocycles. The maximum Gasteiger partial charge on any atom is 0.349 e. The molecule has 0 fully saturated rings. The predicted molar refractivity (Wildman–Crippen MR) is 95.0 cm³/mol. The van der Waals surface area contributed by atoms with E-state index in [2.05, 4.69) is 15.5 Å². The van der Waals surface area contributed by atoms with Crippen LogP contribution in [0.4, 0.5) is 8.78 Å². The average molecular weight is 408 g/mol. The van der Waals surface area contributed by atoms with Crippen molar-refractivity contribution in [2.24, 2.45) is 0 Å².